The van der Waals surface area contributed by atoms with Gasteiger partial charge in [-0.05, 0) is 12.5 Å². The van der Waals surface area contributed by atoms with Crippen LogP contribution in [0.15, 0.2) is 35.3 Å². The number of hydrogen-bond acceptors (Lipinski definition) is 3. The van der Waals surface area contributed by atoms with Gasteiger partial charge in [-0.25, -0.2) is 0 Å². The lowest BCUT2D eigenvalue weighted by Crippen LogP contribution is -2.50. The van der Waals surface area contributed by atoms with Crippen LogP contribution in [-0.2, 0) is 4.79 Å². The van der Waals surface area contributed by atoms with Crippen LogP contribution in [0.25, 0.3) is 0 Å². The Labute approximate surface area is 144 Å². The van der Waals surface area contributed by atoms with Gasteiger partial charge < -0.3 is 15.5 Å². The summed E-state index contributed by atoms with van der Waals surface area (Å²) in [5, 5.41) is 6.78. The van der Waals surface area contributed by atoms with Crippen LogP contribution in [0, 0.1) is 0 Å². The summed E-state index contributed by atoms with van der Waals surface area (Å²) in [4.78, 5) is 19.9. The van der Waals surface area contributed by atoms with Crippen molar-refractivity contribution in [2.24, 2.45) is 4.99 Å². The Balaban J connectivity index is 1.70. The van der Waals surface area contributed by atoms with E-state index in [9.17, 15) is 4.79 Å². The van der Waals surface area contributed by atoms with E-state index in [1.54, 1.807) is 14.0 Å². The number of aliphatic imine (C=N–C) groups is 1. The van der Waals surface area contributed by atoms with Crippen LogP contribution in [0.5, 0.6) is 0 Å². The SMILES string of the molecule is CN=C(NCCN1CCN(C(C)=O)CC1)NC(C)c1ccccc1. The average molecular weight is 331 g/mol. The molecule has 0 saturated carbocycles. The molecule has 0 aliphatic carbocycles. The van der Waals surface area contributed by atoms with Crippen LogP contribution in [0.4, 0.5) is 0 Å². The molecule has 6 nitrogen and oxygen atoms in total. The number of carbonyl (C=O) groups excluding carboxylic acids is 1. The van der Waals surface area contributed by atoms with Crippen molar-refractivity contribution in [1.29, 1.82) is 0 Å². The van der Waals surface area contributed by atoms with Gasteiger partial charge in [-0.1, -0.05) is 30.3 Å². The molecule has 1 aromatic carbocycles. The lowest BCUT2D eigenvalue weighted by atomic mass is 10.1. The Morgan fingerprint density at radius 1 is 1.21 bits per heavy atom. The summed E-state index contributed by atoms with van der Waals surface area (Å²) in [7, 11) is 1.79. The lowest BCUT2D eigenvalue weighted by molar-refractivity contribution is -0.130. The summed E-state index contributed by atoms with van der Waals surface area (Å²) in [6.07, 6.45) is 0. The minimum atomic E-state index is 0.173. The monoisotopic (exact) mass is 331 g/mol. The first-order chi connectivity index (χ1) is 11.6. The number of nitrogens with zero attached hydrogens (tertiary/aromatic N) is 3. The van der Waals surface area contributed by atoms with E-state index in [1.165, 1.54) is 5.56 Å². The Morgan fingerprint density at radius 2 is 1.88 bits per heavy atom. The molecule has 2 N–H and O–H groups in total. The zero-order valence-electron chi connectivity index (χ0n) is 15.0. The summed E-state index contributed by atoms with van der Waals surface area (Å²) < 4.78 is 0. The average Bonchev–Trinajstić information content (AvgIpc) is 2.61. The third kappa shape index (κ3) is 5.53. The highest BCUT2D eigenvalue weighted by molar-refractivity contribution is 5.80. The van der Waals surface area contributed by atoms with E-state index < -0.39 is 0 Å². The van der Waals surface area contributed by atoms with E-state index in [-0.39, 0.29) is 11.9 Å². The number of carbonyl (C=O) groups is 1. The third-order valence-electron chi connectivity index (χ3n) is 4.41. The molecular formula is C18H29N5O. The molecule has 1 unspecified atom stereocenters. The van der Waals surface area contributed by atoms with Crippen LogP contribution in [0.3, 0.4) is 0 Å². The van der Waals surface area contributed by atoms with Crippen LogP contribution in [-0.4, -0.2) is 68.0 Å². The van der Waals surface area contributed by atoms with Crippen LogP contribution in [0.1, 0.15) is 25.5 Å². The number of nitrogens with one attached hydrogen (secondary N) is 2. The summed E-state index contributed by atoms with van der Waals surface area (Å²) >= 11 is 0. The van der Waals surface area contributed by atoms with Crippen molar-refractivity contribution < 1.29 is 4.79 Å². The van der Waals surface area contributed by atoms with E-state index in [2.05, 4.69) is 39.6 Å². The minimum absolute atomic E-state index is 0.173. The number of amides is 1. The molecule has 1 atom stereocenters. The zero-order chi connectivity index (χ0) is 17.4. The van der Waals surface area contributed by atoms with E-state index in [0.29, 0.717) is 0 Å². The van der Waals surface area contributed by atoms with Crippen molar-refractivity contribution in [3.63, 3.8) is 0 Å². The molecule has 0 bridgehead atoms. The summed E-state index contributed by atoms with van der Waals surface area (Å²) in [5.41, 5.74) is 1.24. The second-order valence-corrected chi connectivity index (χ2v) is 6.12. The van der Waals surface area contributed by atoms with Crippen molar-refractivity contribution in [2.75, 3.05) is 46.3 Å². The fourth-order valence-corrected chi connectivity index (χ4v) is 2.84. The molecule has 1 fully saturated rings. The maximum atomic E-state index is 11.3. The summed E-state index contributed by atoms with van der Waals surface area (Å²) in [6, 6.07) is 10.5. The Hall–Kier alpha value is -2.08. The van der Waals surface area contributed by atoms with Crippen LogP contribution < -0.4 is 10.6 Å². The molecule has 1 saturated heterocycles. The first-order valence-corrected chi connectivity index (χ1v) is 8.60. The van der Waals surface area contributed by atoms with Crippen molar-refractivity contribution >= 4 is 11.9 Å². The molecule has 0 spiro atoms. The maximum Gasteiger partial charge on any atom is 0.219 e. The first kappa shape index (κ1) is 18.3. The van der Waals surface area contributed by atoms with Crippen molar-refractivity contribution in [1.82, 2.24) is 20.4 Å². The Morgan fingerprint density at radius 3 is 2.46 bits per heavy atom. The molecule has 1 aliphatic rings. The number of benzene rings is 1. The van der Waals surface area contributed by atoms with E-state index >= 15 is 0 Å². The molecule has 1 heterocycles. The van der Waals surface area contributed by atoms with Crippen molar-refractivity contribution in [3.8, 4) is 0 Å². The second kappa shape index (κ2) is 9.27. The Bertz CT molecular complexity index is 538. The fraction of sp³-hybridized carbons (Fsp3) is 0.556. The van der Waals surface area contributed by atoms with Gasteiger partial charge in [0.1, 0.15) is 0 Å². The maximum absolute atomic E-state index is 11.3. The van der Waals surface area contributed by atoms with Crippen LogP contribution >= 0.6 is 0 Å². The van der Waals surface area contributed by atoms with Gasteiger partial charge in [0, 0.05) is 53.2 Å². The van der Waals surface area contributed by atoms with Crippen LogP contribution in [0.2, 0.25) is 0 Å². The molecule has 1 aliphatic heterocycles. The molecule has 0 aromatic heterocycles. The van der Waals surface area contributed by atoms with E-state index in [1.807, 2.05) is 23.1 Å². The normalized spacial score (nSPS) is 17.5. The number of rotatable bonds is 5. The largest absolute Gasteiger partial charge is 0.355 e. The van der Waals surface area contributed by atoms with Gasteiger partial charge in [0.05, 0.1) is 6.04 Å². The Kier molecular flexibility index (Phi) is 7.06. The van der Waals surface area contributed by atoms with E-state index in [0.717, 1.165) is 45.2 Å². The van der Waals surface area contributed by atoms with Crippen molar-refractivity contribution in [3.05, 3.63) is 35.9 Å². The van der Waals surface area contributed by atoms with Gasteiger partial charge in [0.25, 0.3) is 0 Å². The molecule has 0 radical (unpaired) electrons. The van der Waals surface area contributed by atoms with Gasteiger partial charge in [0.15, 0.2) is 5.96 Å². The standard InChI is InChI=1S/C18H29N5O/c1-15(17-7-5-4-6-8-17)21-18(19-3)20-9-10-22-11-13-23(14-12-22)16(2)24/h4-8,15H,9-14H2,1-3H3,(H2,19,20,21). The molecule has 1 amide bonds. The fourth-order valence-electron chi connectivity index (χ4n) is 2.84. The summed E-state index contributed by atoms with van der Waals surface area (Å²) in [6.45, 7) is 9.08. The molecular weight excluding hydrogens is 302 g/mol. The molecule has 132 valence electrons. The molecule has 6 heteroatoms. The van der Waals surface area contributed by atoms with Gasteiger partial charge in [0.2, 0.25) is 5.91 Å². The predicted octanol–water partition coefficient (Wildman–Crippen LogP) is 1.08. The van der Waals surface area contributed by atoms with Gasteiger partial charge in [-0.15, -0.1) is 0 Å². The smallest absolute Gasteiger partial charge is 0.219 e. The second-order valence-electron chi connectivity index (χ2n) is 6.12. The highest BCUT2D eigenvalue weighted by Gasteiger charge is 2.18. The van der Waals surface area contributed by atoms with E-state index in [4.69, 9.17) is 0 Å². The topological polar surface area (TPSA) is 60.0 Å². The number of piperazine rings is 1. The number of guanidine groups is 1. The van der Waals surface area contributed by atoms with Gasteiger partial charge >= 0.3 is 0 Å². The predicted molar refractivity (Wildman–Crippen MR) is 98.0 cm³/mol. The number of hydrogen-bond donors (Lipinski definition) is 2. The third-order valence-corrected chi connectivity index (χ3v) is 4.41. The van der Waals surface area contributed by atoms with Gasteiger partial charge in [-0.3, -0.25) is 14.7 Å². The highest BCUT2D eigenvalue weighted by atomic mass is 16.2. The molecule has 2 rings (SSSR count). The molecule has 1 aromatic rings. The summed E-state index contributed by atoms with van der Waals surface area (Å²) in [5.74, 6) is 0.987. The quantitative estimate of drug-likeness (QED) is 0.626. The first-order valence-electron chi connectivity index (χ1n) is 8.60. The highest BCUT2D eigenvalue weighted by Crippen LogP contribution is 2.10. The van der Waals surface area contributed by atoms with Crippen molar-refractivity contribution in [2.45, 2.75) is 19.9 Å². The minimum Gasteiger partial charge on any atom is -0.355 e. The zero-order valence-corrected chi connectivity index (χ0v) is 15.0. The lowest BCUT2D eigenvalue weighted by Gasteiger charge is -2.34. The molecule has 24 heavy (non-hydrogen) atoms. The van der Waals surface area contributed by atoms with Gasteiger partial charge in [-0.2, -0.15) is 0 Å².